The molecule has 0 amide bonds. The number of thiophene rings is 1. The first-order valence-corrected chi connectivity index (χ1v) is 7.72. The third-order valence-electron chi connectivity index (χ3n) is 4.12. The maximum atomic E-state index is 12.1. The lowest BCUT2D eigenvalue weighted by Crippen LogP contribution is -2.46. The average Bonchev–Trinajstić information content (AvgIpc) is 2.63. The maximum absolute atomic E-state index is 12.1. The van der Waals surface area contributed by atoms with Gasteiger partial charge in [-0.2, -0.15) is 0 Å². The second kappa shape index (κ2) is 4.95. The van der Waals surface area contributed by atoms with Crippen LogP contribution >= 0.6 is 11.3 Å². The molecule has 108 valence electrons. The standard InChI is InChI=1S/C14H19N3O2S/c1-8-9(2)20-13-11(8)12(18)16-10(17-13)6-15-7-14(19)4-3-5-14/h15,19H,3-7H2,1-2H3,(H,16,17,18). The van der Waals surface area contributed by atoms with Crippen molar-refractivity contribution in [1.82, 2.24) is 15.3 Å². The van der Waals surface area contributed by atoms with E-state index in [2.05, 4.69) is 15.3 Å². The van der Waals surface area contributed by atoms with Gasteiger partial charge in [-0.15, -0.1) is 11.3 Å². The second-order valence-electron chi connectivity index (χ2n) is 5.66. The largest absolute Gasteiger partial charge is 0.389 e. The third-order valence-corrected chi connectivity index (χ3v) is 5.22. The van der Waals surface area contributed by atoms with Crippen LogP contribution < -0.4 is 10.9 Å². The molecular formula is C14H19N3O2S. The average molecular weight is 293 g/mol. The van der Waals surface area contributed by atoms with Gasteiger partial charge >= 0.3 is 0 Å². The third kappa shape index (κ3) is 2.39. The Balaban J connectivity index is 1.77. The topological polar surface area (TPSA) is 78.0 Å². The highest BCUT2D eigenvalue weighted by molar-refractivity contribution is 7.18. The van der Waals surface area contributed by atoms with Crippen molar-refractivity contribution in [3.8, 4) is 0 Å². The number of H-pyrrole nitrogens is 1. The van der Waals surface area contributed by atoms with Gasteiger partial charge in [0.25, 0.3) is 5.56 Å². The minimum atomic E-state index is -0.555. The highest BCUT2D eigenvalue weighted by Crippen LogP contribution is 2.30. The number of aromatic amines is 1. The van der Waals surface area contributed by atoms with Gasteiger partial charge in [0.1, 0.15) is 10.7 Å². The summed E-state index contributed by atoms with van der Waals surface area (Å²) in [7, 11) is 0. The van der Waals surface area contributed by atoms with E-state index >= 15 is 0 Å². The van der Waals surface area contributed by atoms with E-state index in [0.717, 1.165) is 34.5 Å². The first-order valence-electron chi connectivity index (χ1n) is 6.90. The van der Waals surface area contributed by atoms with E-state index in [-0.39, 0.29) is 5.56 Å². The number of aliphatic hydroxyl groups is 1. The van der Waals surface area contributed by atoms with Gasteiger partial charge in [-0.05, 0) is 38.7 Å². The number of hydrogen-bond acceptors (Lipinski definition) is 5. The Morgan fingerprint density at radius 2 is 2.20 bits per heavy atom. The molecule has 3 N–H and O–H groups in total. The summed E-state index contributed by atoms with van der Waals surface area (Å²) in [6.45, 7) is 4.99. The zero-order chi connectivity index (χ0) is 14.3. The molecular weight excluding hydrogens is 274 g/mol. The van der Waals surface area contributed by atoms with Crippen LogP contribution in [0.3, 0.4) is 0 Å². The van der Waals surface area contributed by atoms with Crippen LogP contribution in [-0.4, -0.2) is 27.2 Å². The van der Waals surface area contributed by atoms with Gasteiger partial charge in [0.2, 0.25) is 0 Å². The minimum absolute atomic E-state index is 0.0731. The number of aryl methyl sites for hydroxylation is 2. The summed E-state index contributed by atoms with van der Waals surface area (Å²) in [5.74, 6) is 0.631. The highest BCUT2D eigenvalue weighted by atomic mass is 32.1. The number of fused-ring (bicyclic) bond motifs is 1. The van der Waals surface area contributed by atoms with Crippen LogP contribution in [0, 0.1) is 13.8 Å². The molecule has 1 fully saturated rings. The molecule has 6 heteroatoms. The summed E-state index contributed by atoms with van der Waals surface area (Å²) >= 11 is 1.55. The maximum Gasteiger partial charge on any atom is 0.259 e. The quantitative estimate of drug-likeness (QED) is 0.800. The first-order chi connectivity index (χ1) is 9.48. The summed E-state index contributed by atoms with van der Waals surface area (Å²) in [4.78, 5) is 21.3. The summed E-state index contributed by atoms with van der Waals surface area (Å²) in [6, 6.07) is 0. The van der Waals surface area contributed by atoms with Crippen molar-refractivity contribution < 1.29 is 5.11 Å². The van der Waals surface area contributed by atoms with Gasteiger partial charge in [0.15, 0.2) is 0 Å². The van der Waals surface area contributed by atoms with Crippen molar-refractivity contribution in [2.75, 3.05) is 6.54 Å². The van der Waals surface area contributed by atoms with E-state index in [1.165, 1.54) is 0 Å². The normalized spacial score (nSPS) is 17.4. The fraction of sp³-hybridized carbons (Fsp3) is 0.571. The Kier molecular flexibility index (Phi) is 3.40. The van der Waals surface area contributed by atoms with Gasteiger partial charge in [-0.25, -0.2) is 4.98 Å². The molecule has 1 aliphatic carbocycles. The molecule has 3 rings (SSSR count). The Morgan fingerprint density at radius 1 is 1.45 bits per heavy atom. The van der Waals surface area contributed by atoms with Gasteiger partial charge in [0, 0.05) is 11.4 Å². The van der Waals surface area contributed by atoms with Crippen molar-refractivity contribution in [2.24, 2.45) is 0 Å². The predicted octanol–water partition coefficient (Wildman–Crippen LogP) is 1.61. The Bertz CT molecular complexity index is 700. The SMILES string of the molecule is Cc1sc2nc(CNCC3(O)CCC3)[nH]c(=O)c2c1C. The molecule has 2 aromatic rings. The van der Waals surface area contributed by atoms with E-state index < -0.39 is 5.60 Å². The molecule has 2 aromatic heterocycles. The zero-order valence-electron chi connectivity index (χ0n) is 11.7. The zero-order valence-corrected chi connectivity index (χ0v) is 12.6. The molecule has 5 nitrogen and oxygen atoms in total. The van der Waals surface area contributed by atoms with Crippen LogP contribution in [0.25, 0.3) is 10.2 Å². The van der Waals surface area contributed by atoms with Crippen molar-refractivity contribution in [3.05, 3.63) is 26.6 Å². The van der Waals surface area contributed by atoms with E-state index in [1.54, 1.807) is 11.3 Å². The molecule has 0 unspecified atom stereocenters. The molecule has 0 saturated heterocycles. The van der Waals surface area contributed by atoms with E-state index in [0.29, 0.717) is 24.3 Å². The summed E-state index contributed by atoms with van der Waals surface area (Å²) < 4.78 is 0. The van der Waals surface area contributed by atoms with Crippen LogP contribution in [0.4, 0.5) is 0 Å². The number of hydrogen-bond donors (Lipinski definition) is 3. The lowest BCUT2D eigenvalue weighted by molar-refractivity contribution is -0.0315. The fourth-order valence-electron chi connectivity index (χ4n) is 2.56. The van der Waals surface area contributed by atoms with Crippen LogP contribution in [0.5, 0.6) is 0 Å². The lowest BCUT2D eigenvalue weighted by atomic mass is 9.80. The van der Waals surface area contributed by atoms with Crippen molar-refractivity contribution in [3.63, 3.8) is 0 Å². The van der Waals surface area contributed by atoms with Crippen molar-refractivity contribution in [1.29, 1.82) is 0 Å². The molecule has 0 aliphatic heterocycles. The molecule has 1 aliphatic rings. The molecule has 2 heterocycles. The molecule has 0 atom stereocenters. The van der Waals surface area contributed by atoms with Crippen molar-refractivity contribution >= 4 is 21.6 Å². The Labute approximate surface area is 121 Å². The first kappa shape index (κ1) is 13.7. The monoisotopic (exact) mass is 293 g/mol. The van der Waals surface area contributed by atoms with Crippen LogP contribution in [0.2, 0.25) is 0 Å². The van der Waals surface area contributed by atoms with E-state index in [9.17, 15) is 9.90 Å². The smallest absolute Gasteiger partial charge is 0.259 e. The van der Waals surface area contributed by atoms with Gasteiger partial charge < -0.3 is 15.4 Å². The van der Waals surface area contributed by atoms with E-state index in [1.807, 2.05) is 13.8 Å². The fourth-order valence-corrected chi connectivity index (χ4v) is 3.61. The summed E-state index contributed by atoms with van der Waals surface area (Å²) in [6.07, 6.45) is 2.80. The number of nitrogens with zero attached hydrogens (tertiary/aromatic N) is 1. The number of rotatable bonds is 4. The highest BCUT2D eigenvalue weighted by Gasteiger charge is 2.33. The Hall–Kier alpha value is -1.24. The Morgan fingerprint density at radius 3 is 2.85 bits per heavy atom. The molecule has 20 heavy (non-hydrogen) atoms. The van der Waals surface area contributed by atoms with Gasteiger partial charge in [0.05, 0.1) is 17.5 Å². The number of aromatic nitrogens is 2. The molecule has 0 aromatic carbocycles. The van der Waals surface area contributed by atoms with Crippen LogP contribution in [-0.2, 0) is 6.54 Å². The van der Waals surface area contributed by atoms with Gasteiger partial charge in [-0.3, -0.25) is 4.79 Å². The summed E-state index contributed by atoms with van der Waals surface area (Å²) in [5.41, 5.74) is 0.388. The van der Waals surface area contributed by atoms with Crippen LogP contribution in [0.15, 0.2) is 4.79 Å². The minimum Gasteiger partial charge on any atom is -0.389 e. The summed E-state index contributed by atoms with van der Waals surface area (Å²) in [5, 5.41) is 13.9. The number of nitrogens with one attached hydrogen (secondary N) is 2. The molecule has 0 spiro atoms. The molecule has 1 saturated carbocycles. The molecule has 0 bridgehead atoms. The second-order valence-corrected chi connectivity index (χ2v) is 6.86. The van der Waals surface area contributed by atoms with E-state index in [4.69, 9.17) is 0 Å². The van der Waals surface area contributed by atoms with Crippen LogP contribution in [0.1, 0.15) is 35.5 Å². The van der Waals surface area contributed by atoms with Gasteiger partial charge in [-0.1, -0.05) is 0 Å². The predicted molar refractivity (Wildman–Crippen MR) is 80.2 cm³/mol. The lowest BCUT2D eigenvalue weighted by Gasteiger charge is -2.36. The van der Waals surface area contributed by atoms with Crippen molar-refractivity contribution in [2.45, 2.75) is 45.3 Å². The molecule has 0 radical (unpaired) electrons.